The first kappa shape index (κ1) is 15.9. The predicted octanol–water partition coefficient (Wildman–Crippen LogP) is 2.42. The lowest BCUT2D eigenvalue weighted by atomic mass is 9.98. The van der Waals surface area contributed by atoms with E-state index in [1.165, 1.54) is 35.4 Å². The number of ketones is 1. The largest absolute Gasteiger partial charge is 0.476 e. The summed E-state index contributed by atoms with van der Waals surface area (Å²) in [6.07, 6.45) is 6.72. The van der Waals surface area contributed by atoms with Gasteiger partial charge in [0.1, 0.15) is 11.9 Å². The van der Waals surface area contributed by atoms with Gasteiger partial charge in [0.05, 0.1) is 6.54 Å². The molecule has 0 spiro atoms. The minimum Gasteiger partial charge on any atom is -0.476 e. The third-order valence-corrected chi connectivity index (χ3v) is 3.85. The fourth-order valence-electron chi connectivity index (χ4n) is 2.66. The summed E-state index contributed by atoms with van der Waals surface area (Å²) >= 11 is 0. The SMILES string of the molecule is CC1=CC(=O)C(N2CC=C(c3ccc(F)cc3)C(C(=O)O)=N2)C=C1. The summed E-state index contributed by atoms with van der Waals surface area (Å²) in [5, 5.41) is 15.1. The molecular formula is C18H15FN2O3. The van der Waals surface area contributed by atoms with Crippen LogP contribution >= 0.6 is 0 Å². The molecule has 2 aliphatic rings. The summed E-state index contributed by atoms with van der Waals surface area (Å²) in [6, 6.07) is 4.93. The Hall–Kier alpha value is -3.02. The average Bonchev–Trinajstić information content (AvgIpc) is 2.55. The van der Waals surface area contributed by atoms with Gasteiger partial charge >= 0.3 is 5.97 Å². The maximum Gasteiger partial charge on any atom is 0.356 e. The van der Waals surface area contributed by atoms with Crippen molar-refractivity contribution in [3.05, 3.63) is 65.5 Å². The van der Waals surface area contributed by atoms with Gasteiger partial charge in [0.15, 0.2) is 11.5 Å². The lowest BCUT2D eigenvalue weighted by Crippen LogP contribution is -2.40. The van der Waals surface area contributed by atoms with Crippen LogP contribution < -0.4 is 0 Å². The molecule has 1 atom stereocenters. The third-order valence-electron chi connectivity index (χ3n) is 3.85. The Morgan fingerprint density at radius 2 is 2.04 bits per heavy atom. The summed E-state index contributed by atoms with van der Waals surface area (Å²) in [4.78, 5) is 23.7. The summed E-state index contributed by atoms with van der Waals surface area (Å²) in [7, 11) is 0. The zero-order chi connectivity index (χ0) is 17.3. The second kappa shape index (κ2) is 6.23. The standard InChI is InChI=1S/C18H15FN2O3/c1-11-2-7-15(16(22)10-11)21-9-8-14(17(20-21)18(23)24)12-3-5-13(19)6-4-12/h2-8,10,15H,9H2,1H3,(H,23,24). The van der Waals surface area contributed by atoms with Crippen LogP contribution in [0.5, 0.6) is 0 Å². The molecule has 5 nitrogen and oxygen atoms in total. The van der Waals surface area contributed by atoms with E-state index in [-0.39, 0.29) is 18.0 Å². The molecule has 6 heteroatoms. The highest BCUT2D eigenvalue weighted by atomic mass is 19.1. The van der Waals surface area contributed by atoms with E-state index in [0.29, 0.717) is 11.1 Å². The number of carbonyl (C=O) groups is 2. The van der Waals surface area contributed by atoms with Crippen LogP contribution in [0.4, 0.5) is 4.39 Å². The second-order valence-corrected chi connectivity index (χ2v) is 5.60. The van der Waals surface area contributed by atoms with E-state index in [1.807, 2.05) is 6.92 Å². The van der Waals surface area contributed by atoms with Crippen molar-refractivity contribution < 1.29 is 19.1 Å². The fourth-order valence-corrected chi connectivity index (χ4v) is 2.66. The molecule has 0 fully saturated rings. The first-order chi connectivity index (χ1) is 11.5. The molecule has 1 aromatic rings. The Labute approximate surface area is 138 Å². The van der Waals surface area contributed by atoms with E-state index in [1.54, 1.807) is 18.2 Å². The summed E-state index contributed by atoms with van der Waals surface area (Å²) in [5.41, 5.74) is 1.66. The van der Waals surface area contributed by atoms with Gasteiger partial charge in [-0.05, 0) is 36.3 Å². The summed E-state index contributed by atoms with van der Waals surface area (Å²) in [6.45, 7) is 2.11. The van der Waals surface area contributed by atoms with Gasteiger partial charge < -0.3 is 5.11 Å². The molecule has 1 aliphatic carbocycles. The van der Waals surface area contributed by atoms with Gasteiger partial charge in [0.25, 0.3) is 0 Å². The Balaban J connectivity index is 1.92. The Morgan fingerprint density at radius 3 is 2.67 bits per heavy atom. The topological polar surface area (TPSA) is 70.0 Å². The van der Waals surface area contributed by atoms with Crippen LogP contribution in [0.1, 0.15) is 12.5 Å². The molecular weight excluding hydrogens is 311 g/mol. The monoisotopic (exact) mass is 326 g/mol. The number of benzene rings is 1. The van der Waals surface area contributed by atoms with Crippen LogP contribution in [0.2, 0.25) is 0 Å². The highest BCUT2D eigenvalue weighted by Gasteiger charge is 2.29. The first-order valence-corrected chi connectivity index (χ1v) is 7.41. The van der Waals surface area contributed by atoms with Crippen LogP contribution in [0.15, 0.2) is 59.2 Å². The number of halogens is 1. The van der Waals surface area contributed by atoms with Gasteiger partial charge in [-0.25, -0.2) is 9.18 Å². The van der Waals surface area contributed by atoms with Crippen LogP contribution in [-0.4, -0.2) is 40.2 Å². The number of nitrogens with zero attached hydrogens (tertiary/aromatic N) is 2. The molecule has 0 saturated carbocycles. The van der Waals surface area contributed by atoms with E-state index in [4.69, 9.17) is 0 Å². The molecule has 1 unspecified atom stereocenters. The molecule has 3 rings (SSSR count). The molecule has 0 amide bonds. The normalized spacial score (nSPS) is 20.4. The molecule has 1 heterocycles. The number of hydrogen-bond acceptors (Lipinski definition) is 4. The summed E-state index contributed by atoms with van der Waals surface area (Å²) in [5.74, 6) is -1.73. The van der Waals surface area contributed by atoms with Crippen LogP contribution in [0.25, 0.3) is 5.57 Å². The number of hydrazone groups is 1. The summed E-state index contributed by atoms with van der Waals surface area (Å²) < 4.78 is 13.1. The molecule has 0 radical (unpaired) electrons. The molecule has 24 heavy (non-hydrogen) atoms. The van der Waals surface area contributed by atoms with Crippen molar-refractivity contribution in [2.45, 2.75) is 13.0 Å². The molecule has 0 saturated heterocycles. The molecule has 1 N–H and O–H groups in total. The number of hydrogen-bond donors (Lipinski definition) is 1. The van der Waals surface area contributed by atoms with Gasteiger partial charge in [0.2, 0.25) is 0 Å². The maximum atomic E-state index is 13.1. The minimum atomic E-state index is -1.20. The second-order valence-electron chi connectivity index (χ2n) is 5.60. The van der Waals surface area contributed by atoms with Crippen molar-refractivity contribution in [1.82, 2.24) is 5.01 Å². The molecule has 122 valence electrons. The Kier molecular flexibility index (Phi) is 4.12. The van der Waals surface area contributed by atoms with Gasteiger partial charge in [-0.1, -0.05) is 30.4 Å². The van der Waals surface area contributed by atoms with Crippen molar-refractivity contribution in [2.75, 3.05) is 6.54 Å². The third kappa shape index (κ3) is 3.03. The first-order valence-electron chi connectivity index (χ1n) is 7.41. The highest BCUT2D eigenvalue weighted by Crippen LogP contribution is 2.24. The quantitative estimate of drug-likeness (QED) is 0.926. The zero-order valence-corrected chi connectivity index (χ0v) is 12.9. The average molecular weight is 326 g/mol. The number of rotatable bonds is 3. The molecule has 1 aromatic carbocycles. The van der Waals surface area contributed by atoms with Gasteiger partial charge in [0, 0.05) is 5.57 Å². The Bertz CT molecular complexity index is 819. The zero-order valence-electron chi connectivity index (χ0n) is 12.9. The van der Waals surface area contributed by atoms with Crippen LogP contribution in [-0.2, 0) is 9.59 Å². The fraction of sp³-hybridized carbons (Fsp3) is 0.167. The van der Waals surface area contributed by atoms with Crippen molar-refractivity contribution in [3.8, 4) is 0 Å². The lowest BCUT2D eigenvalue weighted by Gasteiger charge is -2.29. The molecule has 0 bridgehead atoms. The number of allylic oxidation sites excluding steroid dienone is 2. The molecule has 1 aliphatic heterocycles. The number of carboxylic acid groups (broad SMARTS) is 1. The number of carbonyl (C=O) groups excluding carboxylic acids is 1. The van der Waals surface area contributed by atoms with E-state index in [9.17, 15) is 19.1 Å². The number of aliphatic carboxylic acids is 1. The smallest absolute Gasteiger partial charge is 0.356 e. The van der Waals surface area contributed by atoms with Crippen molar-refractivity contribution >= 4 is 23.0 Å². The van der Waals surface area contributed by atoms with Crippen LogP contribution in [0.3, 0.4) is 0 Å². The predicted molar refractivity (Wildman–Crippen MR) is 87.8 cm³/mol. The maximum absolute atomic E-state index is 13.1. The van der Waals surface area contributed by atoms with E-state index >= 15 is 0 Å². The molecule has 0 aromatic heterocycles. The van der Waals surface area contributed by atoms with Crippen molar-refractivity contribution in [3.63, 3.8) is 0 Å². The van der Waals surface area contributed by atoms with Crippen LogP contribution in [0, 0.1) is 5.82 Å². The highest BCUT2D eigenvalue weighted by molar-refractivity contribution is 6.53. The van der Waals surface area contributed by atoms with Gasteiger partial charge in [-0.2, -0.15) is 5.10 Å². The van der Waals surface area contributed by atoms with E-state index in [2.05, 4.69) is 5.10 Å². The van der Waals surface area contributed by atoms with Gasteiger partial charge in [-0.15, -0.1) is 0 Å². The number of carboxylic acids is 1. The lowest BCUT2D eigenvalue weighted by molar-refractivity contribution is -0.129. The Morgan fingerprint density at radius 1 is 1.33 bits per heavy atom. The van der Waals surface area contributed by atoms with Gasteiger partial charge in [-0.3, -0.25) is 9.80 Å². The van der Waals surface area contributed by atoms with E-state index in [0.717, 1.165) is 5.57 Å². The van der Waals surface area contributed by atoms with Crippen molar-refractivity contribution in [2.24, 2.45) is 5.10 Å². The van der Waals surface area contributed by atoms with E-state index < -0.39 is 17.8 Å². The minimum absolute atomic E-state index is 0.137. The van der Waals surface area contributed by atoms with Crippen molar-refractivity contribution in [1.29, 1.82) is 0 Å².